The second kappa shape index (κ2) is 5.07. The molecule has 0 radical (unpaired) electrons. The van der Waals surface area contributed by atoms with Crippen molar-refractivity contribution in [2.75, 3.05) is 6.54 Å². The van der Waals surface area contributed by atoms with Crippen molar-refractivity contribution in [3.63, 3.8) is 0 Å². The normalized spacial score (nSPS) is 23.7. The van der Waals surface area contributed by atoms with Crippen LogP contribution in [0.2, 0.25) is 0 Å². The second-order valence-electron chi connectivity index (χ2n) is 5.38. The van der Waals surface area contributed by atoms with E-state index in [1.54, 1.807) is 4.90 Å². The number of imide groups is 1. The molecule has 1 aliphatic carbocycles. The summed E-state index contributed by atoms with van der Waals surface area (Å²) >= 11 is 0. The van der Waals surface area contributed by atoms with Gasteiger partial charge in [0.15, 0.2) is 0 Å². The van der Waals surface area contributed by atoms with E-state index >= 15 is 0 Å². The van der Waals surface area contributed by atoms with Crippen LogP contribution in [0.3, 0.4) is 0 Å². The Labute approximate surface area is 103 Å². The van der Waals surface area contributed by atoms with Crippen LogP contribution in [0, 0.1) is 0 Å². The van der Waals surface area contributed by atoms with Gasteiger partial charge in [0, 0.05) is 25.0 Å². The summed E-state index contributed by atoms with van der Waals surface area (Å²) in [5, 5.41) is 0. The molecular formula is C13H22N2O2. The molecule has 0 aromatic carbocycles. The summed E-state index contributed by atoms with van der Waals surface area (Å²) in [6.07, 6.45) is 5.58. The number of hydrogen-bond acceptors (Lipinski definition) is 2. The van der Waals surface area contributed by atoms with E-state index in [2.05, 4.69) is 0 Å². The van der Waals surface area contributed by atoms with E-state index in [1.165, 1.54) is 0 Å². The van der Waals surface area contributed by atoms with Crippen molar-refractivity contribution in [1.29, 1.82) is 0 Å². The lowest BCUT2D eigenvalue weighted by Gasteiger charge is -2.32. The van der Waals surface area contributed by atoms with Gasteiger partial charge >= 0.3 is 6.03 Å². The Morgan fingerprint density at radius 1 is 1.12 bits per heavy atom. The topological polar surface area (TPSA) is 40.6 Å². The number of carbonyl (C=O) groups is 2. The molecule has 0 aromatic heterocycles. The van der Waals surface area contributed by atoms with Crippen LogP contribution in [0.5, 0.6) is 0 Å². The second-order valence-corrected chi connectivity index (χ2v) is 5.38. The number of carbonyl (C=O) groups excluding carboxylic acids is 2. The number of nitrogens with zero attached hydrogens (tertiary/aromatic N) is 2. The fraction of sp³-hybridized carbons (Fsp3) is 0.846. The monoisotopic (exact) mass is 238 g/mol. The van der Waals surface area contributed by atoms with E-state index < -0.39 is 0 Å². The third kappa shape index (κ3) is 2.45. The van der Waals surface area contributed by atoms with E-state index in [1.807, 2.05) is 18.7 Å². The van der Waals surface area contributed by atoms with Crippen molar-refractivity contribution in [2.45, 2.75) is 64.5 Å². The van der Waals surface area contributed by atoms with Crippen molar-refractivity contribution in [1.82, 2.24) is 9.80 Å². The predicted octanol–water partition coefficient (Wildman–Crippen LogP) is 2.38. The summed E-state index contributed by atoms with van der Waals surface area (Å²) in [5.74, 6) is 0.0325. The van der Waals surface area contributed by atoms with Crippen LogP contribution in [-0.2, 0) is 4.79 Å². The van der Waals surface area contributed by atoms with Gasteiger partial charge in [-0.1, -0.05) is 12.8 Å². The minimum Gasteiger partial charge on any atom is -0.322 e. The minimum atomic E-state index is -0.0607. The molecule has 0 unspecified atom stereocenters. The van der Waals surface area contributed by atoms with Gasteiger partial charge in [-0.2, -0.15) is 0 Å². The molecule has 96 valence electrons. The largest absolute Gasteiger partial charge is 0.327 e. The van der Waals surface area contributed by atoms with Crippen molar-refractivity contribution in [3.05, 3.63) is 0 Å². The Kier molecular flexibility index (Phi) is 3.69. The summed E-state index contributed by atoms with van der Waals surface area (Å²) in [6, 6.07) is 0.279. The maximum Gasteiger partial charge on any atom is 0.327 e. The fourth-order valence-corrected chi connectivity index (χ4v) is 2.86. The summed E-state index contributed by atoms with van der Waals surface area (Å²) in [4.78, 5) is 27.9. The predicted molar refractivity (Wildman–Crippen MR) is 65.6 cm³/mol. The van der Waals surface area contributed by atoms with Crippen LogP contribution in [0.4, 0.5) is 4.79 Å². The quantitative estimate of drug-likeness (QED) is 0.741. The molecule has 0 atom stereocenters. The molecule has 2 aliphatic rings. The number of rotatable bonds is 2. The van der Waals surface area contributed by atoms with E-state index in [4.69, 9.17) is 0 Å². The zero-order valence-electron chi connectivity index (χ0n) is 10.8. The number of urea groups is 1. The van der Waals surface area contributed by atoms with Crippen molar-refractivity contribution >= 4 is 11.9 Å². The highest BCUT2D eigenvalue weighted by atomic mass is 16.2. The van der Waals surface area contributed by atoms with Gasteiger partial charge in [0.1, 0.15) is 0 Å². The van der Waals surface area contributed by atoms with Crippen LogP contribution >= 0.6 is 0 Å². The third-order valence-electron chi connectivity index (χ3n) is 3.82. The molecule has 2 rings (SSSR count). The van der Waals surface area contributed by atoms with Gasteiger partial charge in [0.05, 0.1) is 0 Å². The van der Waals surface area contributed by atoms with E-state index in [0.29, 0.717) is 13.0 Å². The average molecular weight is 238 g/mol. The van der Waals surface area contributed by atoms with Gasteiger partial charge in [-0.3, -0.25) is 9.69 Å². The Bertz CT molecular complexity index is 309. The van der Waals surface area contributed by atoms with E-state index in [9.17, 15) is 9.59 Å². The first-order valence-electron chi connectivity index (χ1n) is 6.74. The molecule has 1 aliphatic heterocycles. The number of hydrogen-bond donors (Lipinski definition) is 0. The molecule has 4 heteroatoms. The molecule has 3 amide bonds. The maximum atomic E-state index is 12.4. The van der Waals surface area contributed by atoms with E-state index in [0.717, 1.165) is 32.1 Å². The van der Waals surface area contributed by atoms with Crippen LogP contribution in [-0.4, -0.2) is 40.4 Å². The summed E-state index contributed by atoms with van der Waals surface area (Å²) in [5.41, 5.74) is 0. The first kappa shape index (κ1) is 12.4. The molecule has 17 heavy (non-hydrogen) atoms. The van der Waals surface area contributed by atoms with Gasteiger partial charge in [-0.25, -0.2) is 4.79 Å². The molecule has 2 fully saturated rings. The highest BCUT2D eigenvalue weighted by Crippen LogP contribution is 2.27. The first-order chi connectivity index (χ1) is 8.11. The average Bonchev–Trinajstić information content (AvgIpc) is 2.72. The van der Waals surface area contributed by atoms with Crippen molar-refractivity contribution < 1.29 is 9.59 Å². The van der Waals surface area contributed by atoms with Crippen molar-refractivity contribution in [2.24, 2.45) is 0 Å². The van der Waals surface area contributed by atoms with Gasteiger partial charge in [-0.05, 0) is 33.1 Å². The fourth-order valence-electron chi connectivity index (χ4n) is 2.86. The maximum absolute atomic E-state index is 12.4. The smallest absolute Gasteiger partial charge is 0.322 e. The van der Waals surface area contributed by atoms with E-state index in [-0.39, 0.29) is 24.0 Å². The standard InChI is InChI=1S/C13H22N2O2/c1-10(2)14-9-5-8-12(16)15(13(14)17)11-6-3-4-7-11/h10-11H,3-9H2,1-2H3. The molecule has 1 saturated carbocycles. The summed E-state index contributed by atoms with van der Waals surface area (Å²) < 4.78 is 0. The Morgan fingerprint density at radius 2 is 1.76 bits per heavy atom. The third-order valence-corrected chi connectivity index (χ3v) is 3.82. The lowest BCUT2D eigenvalue weighted by Crippen LogP contribution is -2.50. The molecule has 1 heterocycles. The first-order valence-corrected chi connectivity index (χ1v) is 6.74. The molecule has 4 nitrogen and oxygen atoms in total. The van der Waals surface area contributed by atoms with Crippen LogP contribution in [0.15, 0.2) is 0 Å². The zero-order chi connectivity index (χ0) is 12.4. The highest BCUT2D eigenvalue weighted by Gasteiger charge is 2.36. The van der Waals surface area contributed by atoms with Gasteiger partial charge < -0.3 is 4.90 Å². The Morgan fingerprint density at radius 3 is 2.35 bits per heavy atom. The lowest BCUT2D eigenvalue weighted by atomic mass is 10.2. The molecule has 0 bridgehead atoms. The Balaban J connectivity index is 2.19. The molecule has 0 N–H and O–H groups in total. The molecule has 0 spiro atoms. The van der Waals surface area contributed by atoms with Crippen molar-refractivity contribution in [3.8, 4) is 0 Å². The zero-order valence-corrected chi connectivity index (χ0v) is 10.8. The number of amides is 3. The molecule has 1 saturated heterocycles. The lowest BCUT2D eigenvalue weighted by molar-refractivity contribution is -0.129. The van der Waals surface area contributed by atoms with Gasteiger partial charge in [-0.15, -0.1) is 0 Å². The van der Waals surface area contributed by atoms with Gasteiger partial charge in [0.2, 0.25) is 5.91 Å². The Hall–Kier alpha value is -1.06. The van der Waals surface area contributed by atoms with Crippen LogP contribution < -0.4 is 0 Å². The highest BCUT2D eigenvalue weighted by molar-refractivity contribution is 5.95. The minimum absolute atomic E-state index is 0.0325. The SMILES string of the molecule is CC(C)N1CCCC(=O)N(C2CCCC2)C1=O. The molecule has 0 aromatic rings. The molecular weight excluding hydrogens is 216 g/mol. The van der Waals surface area contributed by atoms with Gasteiger partial charge in [0.25, 0.3) is 0 Å². The summed E-state index contributed by atoms with van der Waals surface area (Å²) in [6.45, 7) is 4.74. The van der Waals surface area contributed by atoms with Crippen LogP contribution in [0.1, 0.15) is 52.4 Å². The van der Waals surface area contributed by atoms with Crippen LogP contribution in [0.25, 0.3) is 0 Å². The summed E-state index contributed by atoms with van der Waals surface area (Å²) in [7, 11) is 0.